The molecule has 0 radical (unpaired) electrons. The summed E-state index contributed by atoms with van der Waals surface area (Å²) >= 11 is 0. The first kappa shape index (κ1) is 19.8. The Balaban J connectivity index is 1.41. The highest BCUT2D eigenvalue weighted by atomic mass is 16.2. The minimum Gasteiger partial charge on any atom is -0.339 e. The van der Waals surface area contributed by atoms with Crippen LogP contribution in [0.15, 0.2) is 24.3 Å². The Kier molecular flexibility index (Phi) is 7.20. The maximum atomic E-state index is 12.5. The van der Waals surface area contributed by atoms with Gasteiger partial charge in [0.25, 0.3) is 0 Å². The van der Waals surface area contributed by atoms with Crippen LogP contribution in [0.25, 0.3) is 0 Å². The Morgan fingerprint density at radius 3 is 2.33 bits per heavy atom. The molecule has 2 aliphatic rings. The Labute approximate surface area is 161 Å². The molecule has 0 bridgehead atoms. The number of rotatable bonds is 6. The van der Waals surface area contributed by atoms with Crippen LogP contribution in [0.5, 0.6) is 0 Å². The smallest absolute Gasteiger partial charge is 0.238 e. The van der Waals surface area contributed by atoms with Crippen molar-refractivity contribution in [3.63, 3.8) is 0 Å². The Hall–Kier alpha value is -1.96. The molecule has 0 spiro atoms. The van der Waals surface area contributed by atoms with Crippen molar-refractivity contribution in [3.8, 4) is 0 Å². The highest BCUT2D eigenvalue weighted by Gasteiger charge is 2.24. The summed E-state index contributed by atoms with van der Waals surface area (Å²) in [7, 11) is 0. The minimum absolute atomic E-state index is 0.0106. The number of hydrogen-bond acceptors (Lipinski definition) is 5. The number of hydrogen-bond donors (Lipinski definition) is 2. The number of amides is 2. The molecule has 2 saturated heterocycles. The van der Waals surface area contributed by atoms with Gasteiger partial charge in [0.05, 0.1) is 13.1 Å². The van der Waals surface area contributed by atoms with Crippen molar-refractivity contribution >= 4 is 17.5 Å². The van der Waals surface area contributed by atoms with Gasteiger partial charge in [-0.2, -0.15) is 0 Å². The summed E-state index contributed by atoms with van der Waals surface area (Å²) in [4.78, 5) is 31.1. The summed E-state index contributed by atoms with van der Waals surface area (Å²) in [5.41, 5.74) is 2.05. The molecule has 0 aromatic heterocycles. The molecule has 2 amide bonds. The number of nitrogens with zero attached hydrogens (tertiary/aromatic N) is 3. The standard InChI is InChI=1S/C20H31N5O2/c1-2-17-5-3-4-6-18(17)22-19(26)15-24-11-13-25(14-12-24)20(27)16-23-9-7-21-8-10-23/h3-6,21H,2,7-16H2,1H3,(H,22,26). The average molecular weight is 374 g/mol. The minimum atomic E-state index is 0.0106. The number of carbonyl (C=O) groups excluding carboxylic acids is 2. The van der Waals surface area contributed by atoms with Crippen LogP contribution < -0.4 is 10.6 Å². The lowest BCUT2D eigenvalue weighted by molar-refractivity contribution is -0.134. The maximum absolute atomic E-state index is 12.5. The lowest BCUT2D eigenvalue weighted by Gasteiger charge is -2.36. The molecule has 0 aliphatic carbocycles. The van der Waals surface area contributed by atoms with Crippen LogP contribution in [0.2, 0.25) is 0 Å². The van der Waals surface area contributed by atoms with Crippen LogP contribution in [0, 0.1) is 0 Å². The summed E-state index contributed by atoms with van der Waals surface area (Å²) in [6.07, 6.45) is 0.893. The normalized spacial score (nSPS) is 19.1. The number of aryl methyl sites for hydroxylation is 1. The monoisotopic (exact) mass is 373 g/mol. The van der Waals surface area contributed by atoms with Gasteiger partial charge >= 0.3 is 0 Å². The molecule has 7 nitrogen and oxygen atoms in total. The lowest BCUT2D eigenvalue weighted by atomic mass is 10.1. The van der Waals surface area contributed by atoms with Gasteiger partial charge in [-0.1, -0.05) is 25.1 Å². The van der Waals surface area contributed by atoms with Crippen molar-refractivity contribution in [3.05, 3.63) is 29.8 Å². The number of nitrogens with one attached hydrogen (secondary N) is 2. The van der Waals surface area contributed by atoms with Crippen LogP contribution in [0.1, 0.15) is 12.5 Å². The number of piperazine rings is 2. The second-order valence-electron chi connectivity index (χ2n) is 7.24. The van der Waals surface area contributed by atoms with E-state index in [1.165, 1.54) is 0 Å². The molecule has 2 fully saturated rings. The Morgan fingerprint density at radius 1 is 0.963 bits per heavy atom. The fourth-order valence-electron chi connectivity index (χ4n) is 3.66. The van der Waals surface area contributed by atoms with E-state index >= 15 is 0 Å². The molecule has 2 aliphatic heterocycles. The van der Waals surface area contributed by atoms with Crippen LogP contribution in [0.3, 0.4) is 0 Å². The fraction of sp³-hybridized carbons (Fsp3) is 0.600. The maximum Gasteiger partial charge on any atom is 0.238 e. The van der Waals surface area contributed by atoms with Crippen molar-refractivity contribution in [2.75, 3.05) is 70.8 Å². The van der Waals surface area contributed by atoms with E-state index in [-0.39, 0.29) is 11.8 Å². The van der Waals surface area contributed by atoms with Gasteiger partial charge in [0.1, 0.15) is 0 Å². The molecule has 0 atom stereocenters. The van der Waals surface area contributed by atoms with Gasteiger partial charge in [-0.25, -0.2) is 0 Å². The highest BCUT2D eigenvalue weighted by molar-refractivity contribution is 5.93. The number of carbonyl (C=O) groups is 2. The molecule has 1 aromatic carbocycles. The van der Waals surface area contributed by atoms with Gasteiger partial charge in [0.2, 0.25) is 11.8 Å². The molecular formula is C20H31N5O2. The van der Waals surface area contributed by atoms with Crippen LogP contribution in [-0.2, 0) is 16.0 Å². The first-order chi connectivity index (χ1) is 13.2. The third kappa shape index (κ3) is 5.76. The van der Waals surface area contributed by atoms with Gasteiger partial charge in [0.15, 0.2) is 0 Å². The molecule has 2 N–H and O–H groups in total. The molecule has 0 saturated carbocycles. The van der Waals surface area contributed by atoms with E-state index in [2.05, 4.69) is 27.4 Å². The number of benzene rings is 1. The first-order valence-electron chi connectivity index (χ1n) is 9.96. The summed E-state index contributed by atoms with van der Waals surface area (Å²) < 4.78 is 0. The second kappa shape index (κ2) is 9.82. The van der Waals surface area contributed by atoms with Gasteiger partial charge in [-0.3, -0.25) is 19.4 Å². The first-order valence-corrected chi connectivity index (χ1v) is 9.96. The predicted molar refractivity (Wildman–Crippen MR) is 107 cm³/mol. The van der Waals surface area contributed by atoms with Crippen LogP contribution >= 0.6 is 0 Å². The topological polar surface area (TPSA) is 67.9 Å². The zero-order valence-electron chi connectivity index (χ0n) is 16.2. The second-order valence-corrected chi connectivity index (χ2v) is 7.24. The third-order valence-corrected chi connectivity index (χ3v) is 5.33. The van der Waals surface area contributed by atoms with E-state index in [1.807, 2.05) is 29.2 Å². The van der Waals surface area contributed by atoms with E-state index in [4.69, 9.17) is 0 Å². The Morgan fingerprint density at radius 2 is 1.63 bits per heavy atom. The molecule has 0 unspecified atom stereocenters. The average Bonchev–Trinajstić information content (AvgIpc) is 2.69. The largest absolute Gasteiger partial charge is 0.339 e. The molecular weight excluding hydrogens is 342 g/mol. The highest BCUT2D eigenvalue weighted by Crippen LogP contribution is 2.15. The molecule has 2 heterocycles. The van der Waals surface area contributed by atoms with E-state index in [0.29, 0.717) is 26.2 Å². The van der Waals surface area contributed by atoms with Crippen molar-refractivity contribution < 1.29 is 9.59 Å². The summed E-state index contributed by atoms with van der Waals surface area (Å²) in [5, 5.41) is 6.33. The summed E-state index contributed by atoms with van der Waals surface area (Å²) in [6.45, 7) is 9.64. The molecule has 7 heteroatoms. The summed E-state index contributed by atoms with van der Waals surface area (Å²) in [5.74, 6) is 0.217. The van der Waals surface area contributed by atoms with Gasteiger partial charge in [-0.15, -0.1) is 0 Å². The van der Waals surface area contributed by atoms with Crippen LogP contribution in [-0.4, -0.2) is 92.0 Å². The van der Waals surface area contributed by atoms with Crippen molar-refractivity contribution in [2.45, 2.75) is 13.3 Å². The van der Waals surface area contributed by atoms with Crippen molar-refractivity contribution in [1.29, 1.82) is 0 Å². The van der Waals surface area contributed by atoms with Crippen LogP contribution in [0.4, 0.5) is 5.69 Å². The lowest BCUT2D eigenvalue weighted by Crippen LogP contribution is -2.54. The SMILES string of the molecule is CCc1ccccc1NC(=O)CN1CCN(C(=O)CN2CCNCC2)CC1. The number of anilines is 1. The van der Waals surface area contributed by atoms with Gasteiger partial charge in [0, 0.05) is 58.0 Å². The Bertz CT molecular complexity index is 637. The van der Waals surface area contributed by atoms with Crippen molar-refractivity contribution in [1.82, 2.24) is 20.0 Å². The van der Waals surface area contributed by atoms with E-state index in [9.17, 15) is 9.59 Å². The predicted octanol–water partition coefficient (Wildman–Crippen LogP) is 0.237. The molecule has 148 valence electrons. The zero-order valence-corrected chi connectivity index (χ0v) is 16.2. The van der Waals surface area contributed by atoms with E-state index in [0.717, 1.165) is 56.9 Å². The summed E-state index contributed by atoms with van der Waals surface area (Å²) in [6, 6.07) is 7.92. The third-order valence-electron chi connectivity index (χ3n) is 5.33. The quantitative estimate of drug-likeness (QED) is 0.748. The van der Waals surface area contributed by atoms with E-state index < -0.39 is 0 Å². The van der Waals surface area contributed by atoms with Crippen molar-refractivity contribution in [2.24, 2.45) is 0 Å². The molecule has 1 aromatic rings. The molecule has 3 rings (SSSR count). The molecule has 27 heavy (non-hydrogen) atoms. The zero-order chi connectivity index (χ0) is 19.1. The number of para-hydroxylation sites is 1. The van der Waals surface area contributed by atoms with Gasteiger partial charge < -0.3 is 15.5 Å². The van der Waals surface area contributed by atoms with Gasteiger partial charge in [-0.05, 0) is 18.1 Å². The van der Waals surface area contributed by atoms with E-state index in [1.54, 1.807) is 0 Å². The fourth-order valence-corrected chi connectivity index (χ4v) is 3.66.